The maximum atomic E-state index is 10.4. The van der Waals surface area contributed by atoms with Crippen LogP contribution in [-0.2, 0) is 11.3 Å². The lowest BCUT2D eigenvalue weighted by Crippen LogP contribution is -2.21. The zero-order valence-electron chi connectivity index (χ0n) is 10.9. The van der Waals surface area contributed by atoms with Gasteiger partial charge in [0.1, 0.15) is 6.61 Å². The van der Waals surface area contributed by atoms with Crippen LogP contribution < -0.4 is 14.8 Å². The average Bonchev–Trinajstić information content (AvgIpc) is 2.38. The normalized spacial score (nSPS) is 10.2. The van der Waals surface area contributed by atoms with Crippen LogP contribution in [0, 0.1) is 0 Å². The van der Waals surface area contributed by atoms with Crippen LogP contribution in [0.4, 0.5) is 0 Å². The van der Waals surface area contributed by atoms with Crippen LogP contribution in [0.15, 0.2) is 18.2 Å². The van der Waals surface area contributed by atoms with Crippen molar-refractivity contribution in [1.82, 2.24) is 5.32 Å². The van der Waals surface area contributed by atoms with Gasteiger partial charge in [-0.1, -0.05) is 6.07 Å². The molecule has 0 saturated heterocycles. The summed E-state index contributed by atoms with van der Waals surface area (Å²) in [5, 5.41) is 20.1. The van der Waals surface area contributed by atoms with E-state index in [1.165, 1.54) is 0 Å². The molecule has 0 heterocycles. The van der Waals surface area contributed by atoms with Gasteiger partial charge in [-0.25, -0.2) is 0 Å². The molecular formula is C13H19NO5. The lowest BCUT2D eigenvalue weighted by molar-refractivity contribution is -0.135. The Hall–Kier alpha value is -1.79. The van der Waals surface area contributed by atoms with Crippen LogP contribution >= 0.6 is 0 Å². The fourth-order valence-corrected chi connectivity index (χ4v) is 1.52. The smallest absolute Gasteiger partial charge is 0.317 e. The van der Waals surface area contributed by atoms with Gasteiger partial charge in [-0.05, 0) is 24.6 Å². The molecule has 0 saturated carbocycles. The van der Waals surface area contributed by atoms with Crippen LogP contribution in [0.1, 0.15) is 12.5 Å². The fraction of sp³-hybridized carbons (Fsp3) is 0.462. The van der Waals surface area contributed by atoms with Crippen LogP contribution in [0.3, 0.4) is 0 Å². The molecule has 19 heavy (non-hydrogen) atoms. The average molecular weight is 269 g/mol. The van der Waals surface area contributed by atoms with Crippen LogP contribution in [0.2, 0.25) is 0 Å². The molecule has 1 rings (SSSR count). The van der Waals surface area contributed by atoms with E-state index in [1.807, 2.05) is 13.0 Å². The number of benzene rings is 1. The van der Waals surface area contributed by atoms with E-state index in [1.54, 1.807) is 12.1 Å². The summed E-state index contributed by atoms with van der Waals surface area (Å²) in [7, 11) is 0. The maximum absolute atomic E-state index is 10.4. The predicted octanol–water partition coefficient (Wildman–Crippen LogP) is 0.631. The summed E-state index contributed by atoms with van der Waals surface area (Å²) in [5.41, 5.74) is 0.904. The number of aliphatic hydroxyl groups excluding tert-OH is 1. The number of rotatable bonds is 9. The molecular weight excluding hydrogens is 250 g/mol. The van der Waals surface area contributed by atoms with Gasteiger partial charge < -0.3 is 25.0 Å². The Morgan fingerprint density at radius 2 is 2.11 bits per heavy atom. The van der Waals surface area contributed by atoms with Crippen molar-refractivity contribution in [2.45, 2.75) is 13.5 Å². The predicted molar refractivity (Wildman–Crippen MR) is 69.5 cm³/mol. The molecule has 0 unspecified atom stereocenters. The molecule has 1 aromatic rings. The number of carboxylic acid groups (broad SMARTS) is 1. The van der Waals surface area contributed by atoms with Gasteiger partial charge in [0, 0.05) is 6.54 Å². The number of nitrogens with one attached hydrogen (secondary N) is 1. The molecule has 0 fully saturated rings. The minimum Gasteiger partial charge on any atom is -0.490 e. The zero-order valence-corrected chi connectivity index (χ0v) is 10.9. The second kappa shape index (κ2) is 8.34. The third-order valence-electron chi connectivity index (χ3n) is 2.26. The molecule has 3 N–H and O–H groups in total. The van der Waals surface area contributed by atoms with E-state index < -0.39 is 5.97 Å². The molecule has 0 aliphatic rings. The molecule has 6 nitrogen and oxygen atoms in total. The second-order valence-electron chi connectivity index (χ2n) is 3.78. The number of carbonyl (C=O) groups is 1. The van der Waals surface area contributed by atoms with Gasteiger partial charge in [0.05, 0.1) is 19.8 Å². The number of carboxylic acids is 1. The third kappa shape index (κ3) is 5.58. The number of aliphatic hydroxyl groups is 1. The van der Waals surface area contributed by atoms with Crippen molar-refractivity contribution in [3.05, 3.63) is 23.8 Å². The van der Waals surface area contributed by atoms with Crippen molar-refractivity contribution in [3.8, 4) is 11.5 Å². The fourth-order valence-electron chi connectivity index (χ4n) is 1.52. The number of ether oxygens (including phenoxy) is 2. The number of aliphatic carboxylic acids is 1. The molecule has 0 aliphatic heterocycles. The highest BCUT2D eigenvalue weighted by Gasteiger charge is 2.06. The van der Waals surface area contributed by atoms with Gasteiger partial charge in [0.15, 0.2) is 11.5 Å². The van der Waals surface area contributed by atoms with Gasteiger partial charge in [-0.2, -0.15) is 0 Å². The van der Waals surface area contributed by atoms with E-state index in [4.69, 9.17) is 19.7 Å². The van der Waals surface area contributed by atoms with E-state index in [0.717, 1.165) is 5.56 Å². The van der Waals surface area contributed by atoms with Gasteiger partial charge >= 0.3 is 5.97 Å². The molecule has 0 radical (unpaired) electrons. The first-order valence-corrected chi connectivity index (χ1v) is 6.09. The van der Waals surface area contributed by atoms with Crippen molar-refractivity contribution in [2.24, 2.45) is 0 Å². The Labute approximate surface area is 112 Å². The molecule has 1 aromatic carbocycles. The summed E-state index contributed by atoms with van der Waals surface area (Å²) in [6, 6.07) is 5.37. The first-order valence-electron chi connectivity index (χ1n) is 6.09. The van der Waals surface area contributed by atoms with E-state index in [-0.39, 0.29) is 19.8 Å². The third-order valence-corrected chi connectivity index (χ3v) is 2.26. The summed E-state index contributed by atoms with van der Waals surface area (Å²) in [5.74, 6) is 0.261. The standard InChI is InChI=1S/C13H19NO5/c1-2-18-12-7-10(8-14-9-13(16)17)3-4-11(12)19-6-5-15/h3-4,7,14-15H,2,5-6,8-9H2,1H3,(H,16,17). The highest BCUT2D eigenvalue weighted by Crippen LogP contribution is 2.28. The molecule has 106 valence electrons. The van der Waals surface area contributed by atoms with Gasteiger partial charge in [-0.3, -0.25) is 4.79 Å². The van der Waals surface area contributed by atoms with Crippen molar-refractivity contribution < 1.29 is 24.5 Å². The van der Waals surface area contributed by atoms with Gasteiger partial charge in [-0.15, -0.1) is 0 Å². The number of hydrogen-bond donors (Lipinski definition) is 3. The van der Waals surface area contributed by atoms with Crippen molar-refractivity contribution in [3.63, 3.8) is 0 Å². The summed E-state index contributed by atoms with van der Waals surface area (Å²) in [6.07, 6.45) is 0. The highest BCUT2D eigenvalue weighted by molar-refractivity contribution is 5.69. The van der Waals surface area contributed by atoms with Crippen molar-refractivity contribution in [1.29, 1.82) is 0 Å². The lowest BCUT2D eigenvalue weighted by Gasteiger charge is -2.13. The highest BCUT2D eigenvalue weighted by atomic mass is 16.5. The Bertz CT molecular complexity index is 408. The maximum Gasteiger partial charge on any atom is 0.317 e. The van der Waals surface area contributed by atoms with Gasteiger partial charge in [0.25, 0.3) is 0 Å². The van der Waals surface area contributed by atoms with Gasteiger partial charge in [0.2, 0.25) is 0 Å². The molecule has 0 bridgehead atoms. The topological polar surface area (TPSA) is 88.0 Å². The molecule has 0 spiro atoms. The Kier molecular flexibility index (Phi) is 6.70. The SMILES string of the molecule is CCOc1cc(CNCC(=O)O)ccc1OCCO. The molecule has 0 amide bonds. The van der Waals surface area contributed by atoms with E-state index in [0.29, 0.717) is 24.7 Å². The molecule has 0 aromatic heterocycles. The van der Waals surface area contributed by atoms with E-state index in [2.05, 4.69) is 5.32 Å². The van der Waals surface area contributed by atoms with E-state index >= 15 is 0 Å². The first kappa shape index (κ1) is 15.3. The van der Waals surface area contributed by atoms with Crippen molar-refractivity contribution >= 4 is 5.97 Å². The molecule has 0 aliphatic carbocycles. The summed E-state index contributed by atoms with van der Waals surface area (Å²) in [6.45, 7) is 2.86. The quantitative estimate of drug-likeness (QED) is 0.609. The van der Waals surface area contributed by atoms with E-state index in [9.17, 15) is 4.79 Å². The van der Waals surface area contributed by atoms with Crippen molar-refractivity contribution in [2.75, 3.05) is 26.4 Å². The van der Waals surface area contributed by atoms with Crippen LogP contribution in [0.25, 0.3) is 0 Å². The zero-order chi connectivity index (χ0) is 14.1. The molecule has 0 atom stereocenters. The lowest BCUT2D eigenvalue weighted by atomic mass is 10.2. The van der Waals surface area contributed by atoms with Crippen LogP contribution in [0.5, 0.6) is 11.5 Å². The number of hydrogen-bond acceptors (Lipinski definition) is 5. The molecule has 6 heteroatoms. The Morgan fingerprint density at radius 1 is 1.32 bits per heavy atom. The minimum atomic E-state index is -0.895. The summed E-state index contributed by atoms with van der Waals surface area (Å²) < 4.78 is 10.8. The Morgan fingerprint density at radius 3 is 2.74 bits per heavy atom. The largest absolute Gasteiger partial charge is 0.490 e. The minimum absolute atomic E-state index is 0.0620. The summed E-state index contributed by atoms with van der Waals surface area (Å²) in [4.78, 5) is 10.4. The Balaban J connectivity index is 2.68. The second-order valence-corrected chi connectivity index (χ2v) is 3.78. The first-order chi connectivity index (χ1) is 9.17. The summed E-state index contributed by atoms with van der Waals surface area (Å²) >= 11 is 0. The van der Waals surface area contributed by atoms with Crippen LogP contribution in [-0.4, -0.2) is 42.5 Å². The monoisotopic (exact) mass is 269 g/mol.